The largest absolute Gasteiger partial charge is 0.508 e. The van der Waals surface area contributed by atoms with Crippen molar-refractivity contribution >= 4 is 54.2 Å². The third kappa shape index (κ3) is 13.7. The lowest BCUT2D eigenvalue weighted by Crippen LogP contribution is -2.61. The number of thioether (sulfide) groups is 1. The summed E-state index contributed by atoms with van der Waals surface area (Å²) in [6.07, 6.45) is -0.872. The highest BCUT2D eigenvalue weighted by Gasteiger charge is 2.42. The van der Waals surface area contributed by atoms with Crippen molar-refractivity contribution in [2.45, 2.75) is 101 Å². The number of nitrogens with one attached hydrogen (secondary N) is 3. The second-order valence-corrected chi connectivity index (χ2v) is 20.6. The molecular formula is C53H62N4O8S2. The van der Waals surface area contributed by atoms with Gasteiger partial charge in [0.25, 0.3) is 0 Å². The van der Waals surface area contributed by atoms with Crippen LogP contribution in [-0.2, 0) is 41.5 Å². The number of aromatic hydroxyl groups is 1. The van der Waals surface area contributed by atoms with E-state index in [1.807, 2.05) is 97.1 Å². The zero-order chi connectivity index (χ0) is 49.1. The summed E-state index contributed by atoms with van der Waals surface area (Å²) in [6.45, 7) is 11.8. The van der Waals surface area contributed by atoms with Crippen LogP contribution in [0.2, 0.25) is 0 Å². The van der Waals surface area contributed by atoms with Crippen LogP contribution < -0.4 is 16.0 Å². The number of aliphatic carboxylic acids is 1. The first kappa shape index (κ1) is 51.7. The van der Waals surface area contributed by atoms with E-state index in [9.17, 15) is 29.4 Å². The minimum Gasteiger partial charge on any atom is -0.508 e. The lowest BCUT2D eigenvalue weighted by atomic mass is 9.84. The van der Waals surface area contributed by atoms with Gasteiger partial charge < -0.3 is 35.8 Å². The monoisotopic (exact) mass is 946 g/mol. The van der Waals surface area contributed by atoms with E-state index in [4.69, 9.17) is 4.74 Å². The smallest absolute Gasteiger partial charge is 0.408 e. The molecule has 5 rings (SSSR count). The second kappa shape index (κ2) is 22.5. The number of phenols is 1. The van der Waals surface area contributed by atoms with E-state index in [2.05, 4.69) is 28.6 Å². The number of amides is 4. The number of alkyl carbamates (subject to hydrolysis) is 1. The van der Waals surface area contributed by atoms with Gasteiger partial charge in [0, 0.05) is 30.4 Å². The fourth-order valence-corrected chi connectivity index (χ4v) is 9.73. The molecule has 0 aliphatic rings. The molecule has 5 N–H and O–H groups in total. The lowest BCUT2D eigenvalue weighted by molar-refractivity contribution is -0.145. The molecule has 0 spiro atoms. The van der Waals surface area contributed by atoms with Gasteiger partial charge in [0.2, 0.25) is 17.7 Å². The number of carbonyl (C=O) groups is 5. The van der Waals surface area contributed by atoms with Gasteiger partial charge >= 0.3 is 12.1 Å². The molecule has 0 saturated heterocycles. The Kier molecular flexibility index (Phi) is 17.4. The van der Waals surface area contributed by atoms with Gasteiger partial charge in [-0.2, -0.15) is 12.6 Å². The number of benzene rings is 5. The Bertz CT molecular complexity index is 2360. The molecule has 0 aromatic heterocycles. The molecule has 4 atom stereocenters. The predicted octanol–water partition coefficient (Wildman–Crippen LogP) is 8.00. The van der Waals surface area contributed by atoms with Crippen LogP contribution in [-0.4, -0.2) is 92.2 Å². The molecule has 0 heterocycles. The topological polar surface area (TPSA) is 174 Å². The van der Waals surface area contributed by atoms with Crippen molar-refractivity contribution in [3.63, 3.8) is 0 Å². The summed E-state index contributed by atoms with van der Waals surface area (Å²) in [5.74, 6) is -3.39. The van der Waals surface area contributed by atoms with Crippen molar-refractivity contribution < 1.29 is 38.9 Å². The van der Waals surface area contributed by atoms with E-state index in [-0.39, 0.29) is 24.3 Å². The quantitative estimate of drug-likeness (QED) is 0.0354. The Hall–Kier alpha value is -6.25. The zero-order valence-electron chi connectivity index (χ0n) is 39.3. The van der Waals surface area contributed by atoms with Crippen molar-refractivity contribution in [2.24, 2.45) is 0 Å². The van der Waals surface area contributed by atoms with Crippen LogP contribution in [0.3, 0.4) is 0 Å². The van der Waals surface area contributed by atoms with Crippen LogP contribution in [0, 0.1) is 13.8 Å². The summed E-state index contributed by atoms with van der Waals surface area (Å²) in [4.78, 5) is 72.0. The van der Waals surface area contributed by atoms with Crippen LogP contribution in [0.15, 0.2) is 133 Å². The average molecular weight is 947 g/mol. The van der Waals surface area contributed by atoms with E-state index in [1.165, 1.54) is 23.7 Å². The molecule has 0 fully saturated rings. The Morgan fingerprint density at radius 2 is 1.13 bits per heavy atom. The van der Waals surface area contributed by atoms with Crippen LogP contribution in [0.1, 0.15) is 73.6 Å². The van der Waals surface area contributed by atoms with E-state index in [0.29, 0.717) is 22.3 Å². The lowest BCUT2D eigenvalue weighted by Gasteiger charge is -2.38. The minimum absolute atomic E-state index is 0.00623. The molecular weight excluding hydrogens is 885 g/mol. The van der Waals surface area contributed by atoms with E-state index in [1.54, 1.807) is 84.9 Å². The molecule has 0 aliphatic heterocycles. The maximum absolute atomic E-state index is 15.4. The van der Waals surface area contributed by atoms with Crippen molar-refractivity contribution in [2.75, 3.05) is 12.8 Å². The van der Waals surface area contributed by atoms with E-state index in [0.717, 1.165) is 16.7 Å². The summed E-state index contributed by atoms with van der Waals surface area (Å²) in [6, 6.07) is 36.4. The normalized spacial score (nSPS) is 13.6. The van der Waals surface area contributed by atoms with Crippen molar-refractivity contribution in [1.29, 1.82) is 0 Å². The number of likely N-dealkylation sites (N-methyl/N-ethyl adjacent to an activating group) is 1. The number of carboxylic acid groups (broad SMARTS) is 1. The summed E-state index contributed by atoms with van der Waals surface area (Å²) in [5, 5.41) is 28.9. The summed E-state index contributed by atoms with van der Waals surface area (Å²) in [7, 11) is 1.46. The average Bonchev–Trinajstić information content (AvgIpc) is 3.27. The van der Waals surface area contributed by atoms with E-state index >= 15 is 4.79 Å². The minimum atomic E-state index is -1.43. The molecule has 12 nitrogen and oxygen atoms in total. The van der Waals surface area contributed by atoms with Crippen molar-refractivity contribution in [3.8, 4) is 5.75 Å². The number of carboxylic acids is 1. The van der Waals surface area contributed by atoms with E-state index < -0.39 is 69.0 Å². The van der Waals surface area contributed by atoms with Crippen LogP contribution in [0.4, 0.5) is 4.79 Å². The number of ether oxygens (including phenoxy) is 1. The highest BCUT2D eigenvalue weighted by atomic mass is 32.2. The molecule has 0 radical (unpaired) electrons. The van der Waals surface area contributed by atoms with Gasteiger partial charge in [-0.05, 0) is 99.5 Å². The molecule has 0 saturated carbocycles. The molecule has 67 heavy (non-hydrogen) atoms. The number of aryl methyl sites for hydroxylation is 2. The third-order valence-corrected chi connectivity index (χ3v) is 13.2. The highest BCUT2D eigenvalue weighted by Crippen LogP contribution is 2.48. The molecule has 0 unspecified atom stereocenters. The number of rotatable bonds is 19. The standard InChI is InChI=1S/C53H62N4O8S2/c1-34-29-40(58)30-35(2)41(34)32-42(55-50(64)65-51(3,4)5)46(59)54-43(33-67-53(37-23-15-10-16-24-37,38-25-17-11-18-26-38)39-27-19-12-20-28-39)48(61)57(8)44(31-36-21-13-9-14-22-36)47(60)56-45(49(62)63)52(6,7)66/h9-30,42-45,58,66H,31-33H2,1-8H3,(H,54,59)(H,55,64)(H,56,60)(H,62,63)/t42-,43-,44-,45+/m1/s1. The first-order chi connectivity index (χ1) is 31.6. The number of thiol groups is 1. The van der Waals surface area contributed by atoms with Crippen LogP contribution in [0.5, 0.6) is 5.75 Å². The molecule has 0 bridgehead atoms. The highest BCUT2D eigenvalue weighted by molar-refractivity contribution is 8.00. The first-order valence-corrected chi connectivity index (χ1v) is 23.5. The van der Waals surface area contributed by atoms with Gasteiger partial charge in [-0.3, -0.25) is 14.4 Å². The van der Waals surface area contributed by atoms with Gasteiger partial charge in [-0.25, -0.2) is 9.59 Å². The zero-order valence-corrected chi connectivity index (χ0v) is 41.0. The summed E-state index contributed by atoms with van der Waals surface area (Å²) in [5.41, 5.74) is 4.57. The molecule has 0 aliphatic carbocycles. The number of hydrogen-bond acceptors (Lipinski definition) is 9. The summed E-state index contributed by atoms with van der Waals surface area (Å²) < 4.78 is 3.49. The predicted molar refractivity (Wildman–Crippen MR) is 267 cm³/mol. The van der Waals surface area contributed by atoms with Gasteiger partial charge in [-0.15, -0.1) is 11.8 Å². The van der Waals surface area contributed by atoms with Gasteiger partial charge in [-0.1, -0.05) is 121 Å². The number of phenolic OH excluding ortho intramolecular Hbond substituents is 1. The maximum atomic E-state index is 15.4. The molecule has 354 valence electrons. The third-order valence-electron chi connectivity index (χ3n) is 11.3. The number of nitrogens with zero attached hydrogens (tertiary/aromatic N) is 1. The van der Waals surface area contributed by atoms with Gasteiger partial charge in [0.15, 0.2) is 0 Å². The number of hydrogen-bond donors (Lipinski definition) is 6. The van der Waals surface area contributed by atoms with Crippen molar-refractivity contribution in [1.82, 2.24) is 20.9 Å². The molecule has 4 amide bonds. The van der Waals surface area contributed by atoms with Crippen LogP contribution in [0.25, 0.3) is 0 Å². The van der Waals surface area contributed by atoms with Crippen LogP contribution >= 0.6 is 24.4 Å². The molecule has 14 heteroatoms. The number of carbonyl (C=O) groups excluding carboxylic acids is 4. The van der Waals surface area contributed by atoms with Crippen molar-refractivity contribution in [3.05, 3.63) is 172 Å². The Labute approximate surface area is 403 Å². The van der Waals surface area contributed by atoms with Gasteiger partial charge in [0.1, 0.15) is 35.5 Å². The SMILES string of the molecule is Cc1cc(O)cc(C)c1C[C@@H](NC(=O)OC(C)(C)C)C(=O)N[C@H](CSC(c1ccccc1)(c1ccccc1)c1ccccc1)C(=O)N(C)[C@H](Cc1ccccc1)C(=O)N[C@@H](C(=O)O)C(C)(C)S. The summed E-state index contributed by atoms with van der Waals surface area (Å²) >= 11 is 5.90. The Morgan fingerprint density at radius 3 is 1.57 bits per heavy atom. The fourth-order valence-electron chi connectivity index (χ4n) is 8.00. The second-order valence-electron chi connectivity index (χ2n) is 18.2. The molecule has 5 aromatic carbocycles. The van der Waals surface area contributed by atoms with Gasteiger partial charge in [0.05, 0.1) is 4.75 Å². The molecule has 5 aromatic rings. The Morgan fingerprint density at radius 1 is 0.672 bits per heavy atom. The first-order valence-electron chi connectivity index (χ1n) is 22.1. The fraction of sp³-hybridized carbons (Fsp3) is 0.340. The maximum Gasteiger partial charge on any atom is 0.408 e. The Balaban J connectivity index is 1.65.